The first-order chi connectivity index (χ1) is 11.1. The van der Waals surface area contributed by atoms with Crippen LogP contribution in [0.3, 0.4) is 0 Å². The van der Waals surface area contributed by atoms with Crippen molar-refractivity contribution in [1.82, 2.24) is 10.2 Å². The number of aliphatic imine (C=N–C) groups is 1. The molecule has 1 unspecified atom stereocenters. The summed E-state index contributed by atoms with van der Waals surface area (Å²) in [6.07, 6.45) is 0.827. The molecule has 1 fully saturated rings. The first kappa shape index (κ1) is 19.5. The van der Waals surface area contributed by atoms with Gasteiger partial charge in [-0.1, -0.05) is 6.07 Å². The number of hydrogen-bond donors (Lipinski definition) is 2. The molecule has 0 spiro atoms. The number of halogens is 1. The molecule has 2 N–H and O–H groups in total. The van der Waals surface area contributed by atoms with Gasteiger partial charge in [0.15, 0.2) is 17.5 Å². The Morgan fingerprint density at radius 1 is 1.42 bits per heavy atom. The molecule has 0 saturated carbocycles. The number of guanidine groups is 1. The molecule has 134 valence electrons. The highest BCUT2D eigenvalue weighted by atomic mass is 127. The first-order valence-corrected chi connectivity index (χ1v) is 8.85. The molecule has 24 heavy (non-hydrogen) atoms. The number of aliphatic hydroxyl groups is 1. The van der Waals surface area contributed by atoms with Crippen LogP contribution in [0.15, 0.2) is 23.2 Å². The normalized spacial score (nSPS) is 22.2. The van der Waals surface area contributed by atoms with Crippen molar-refractivity contribution in [2.45, 2.75) is 18.6 Å². The van der Waals surface area contributed by atoms with Crippen LogP contribution in [0.25, 0.3) is 0 Å². The highest BCUT2D eigenvalue weighted by Gasteiger charge is 2.31. The zero-order valence-corrected chi connectivity index (χ0v) is 17.1. The second-order valence-electron chi connectivity index (χ2n) is 5.97. The minimum atomic E-state index is -0.625. The van der Waals surface area contributed by atoms with E-state index in [1.54, 1.807) is 18.8 Å². The third-order valence-electron chi connectivity index (χ3n) is 4.09. The van der Waals surface area contributed by atoms with E-state index in [4.69, 9.17) is 9.47 Å². The average molecular weight is 465 g/mol. The number of fused-ring (bicyclic) bond motifs is 1. The van der Waals surface area contributed by atoms with Crippen LogP contribution in [0.5, 0.6) is 11.5 Å². The van der Waals surface area contributed by atoms with Crippen molar-refractivity contribution in [1.29, 1.82) is 0 Å². The van der Waals surface area contributed by atoms with Gasteiger partial charge in [-0.05, 0) is 29.9 Å². The average Bonchev–Trinajstić information content (AvgIpc) is 3.16. The van der Waals surface area contributed by atoms with Gasteiger partial charge in [-0.2, -0.15) is 11.8 Å². The van der Waals surface area contributed by atoms with Gasteiger partial charge < -0.3 is 24.8 Å². The van der Waals surface area contributed by atoms with Gasteiger partial charge in [0.25, 0.3) is 0 Å². The Morgan fingerprint density at radius 2 is 2.21 bits per heavy atom. The molecule has 1 aromatic rings. The van der Waals surface area contributed by atoms with Crippen LogP contribution in [0, 0.1) is 0 Å². The van der Waals surface area contributed by atoms with Gasteiger partial charge in [0.1, 0.15) is 0 Å². The lowest BCUT2D eigenvalue weighted by Crippen LogP contribution is -2.47. The molecular weight excluding hydrogens is 441 g/mol. The highest BCUT2D eigenvalue weighted by molar-refractivity contribution is 14.0. The molecule has 0 bridgehead atoms. The molecule has 1 saturated heterocycles. The summed E-state index contributed by atoms with van der Waals surface area (Å²) in [5.41, 5.74) is 0.495. The Morgan fingerprint density at radius 3 is 2.92 bits per heavy atom. The van der Waals surface area contributed by atoms with E-state index in [1.807, 2.05) is 30.1 Å². The third-order valence-corrected chi connectivity index (χ3v) is 5.32. The van der Waals surface area contributed by atoms with Gasteiger partial charge in [-0.25, -0.2) is 0 Å². The zero-order valence-electron chi connectivity index (χ0n) is 13.9. The van der Waals surface area contributed by atoms with Crippen molar-refractivity contribution in [3.8, 4) is 11.5 Å². The zero-order chi connectivity index (χ0) is 16.3. The number of nitrogens with one attached hydrogen (secondary N) is 1. The van der Waals surface area contributed by atoms with E-state index in [0.717, 1.165) is 40.9 Å². The summed E-state index contributed by atoms with van der Waals surface area (Å²) in [4.78, 5) is 6.34. The van der Waals surface area contributed by atoms with Crippen molar-refractivity contribution in [3.05, 3.63) is 23.8 Å². The summed E-state index contributed by atoms with van der Waals surface area (Å²) < 4.78 is 10.7. The van der Waals surface area contributed by atoms with Crippen LogP contribution < -0.4 is 14.8 Å². The van der Waals surface area contributed by atoms with Crippen LogP contribution in [0.1, 0.15) is 12.0 Å². The molecular formula is C16H24IN3O3S. The number of ether oxygens (including phenoxy) is 2. The van der Waals surface area contributed by atoms with E-state index < -0.39 is 5.60 Å². The Balaban J connectivity index is 0.00000208. The minimum absolute atomic E-state index is 0. The van der Waals surface area contributed by atoms with Crippen LogP contribution in [0.4, 0.5) is 0 Å². The van der Waals surface area contributed by atoms with Gasteiger partial charge in [0.05, 0.1) is 5.60 Å². The topological polar surface area (TPSA) is 66.3 Å². The van der Waals surface area contributed by atoms with Gasteiger partial charge in [0, 0.05) is 32.9 Å². The van der Waals surface area contributed by atoms with Crippen molar-refractivity contribution >= 4 is 41.7 Å². The summed E-state index contributed by atoms with van der Waals surface area (Å²) >= 11 is 1.79. The number of benzene rings is 1. The van der Waals surface area contributed by atoms with E-state index in [0.29, 0.717) is 13.1 Å². The molecule has 8 heteroatoms. The number of nitrogens with zero attached hydrogens (tertiary/aromatic N) is 2. The maximum Gasteiger partial charge on any atom is 0.231 e. The maximum absolute atomic E-state index is 10.4. The summed E-state index contributed by atoms with van der Waals surface area (Å²) in [6, 6.07) is 5.95. The quantitative estimate of drug-likeness (QED) is 0.403. The predicted octanol–water partition coefficient (Wildman–Crippen LogP) is 1.91. The Kier molecular flexibility index (Phi) is 6.88. The lowest BCUT2D eigenvalue weighted by atomic mass is 10.0. The fraction of sp³-hybridized carbons (Fsp3) is 0.562. The van der Waals surface area contributed by atoms with Gasteiger partial charge in [-0.3, -0.25) is 4.99 Å². The molecule has 2 aliphatic heterocycles. The van der Waals surface area contributed by atoms with E-state index in [1.165, 1.54) is 0 Å². The molecule has 0 radical (unpaired) electrons. The molecule has 0 aromatic heterocycles. The maximum atomic E-state index is 10.4. The molecule has 3 rings (SSSR count). The number of rotatable bonds is 4. The van der Waals surface area contributed by atoms with Crippen molar-refractivity contribution in [2.75, 3.05) is 38.9 Å². The minimum Gasteiger partial charge on any atom is -0.454 e. The highest BCUT2D eigenvalue weighted by Crippen LogP contribution is 2.32. The van der Waals surface area contributed by atoms with Crippen LogP contribution in [-0.2, 0) is 6.54 Å². The van der Waals surface area contributed by atoms with Crippen molar-refractivity contribution < 1.29 is 14.6 Å². The molecule has 1 aromatic carbocycles. The van der Waals surface area contributed by atoms with E-state index in [9.17, 15) is 5.11 Å². The molecule has 0 amide bonds. The molecule has 2 heterocycles. The monoisotopic (exact) mass is 465 g/mol. The van der Waals surface area contributed by atoms with Gasteiger partial charge >= 0.3 is 0 Å². The smallest absolute Gasteiger partial charge is 0.231 e. The Bertz CT molecular complexity index is 594. The van der Waals surface area contributed by atoms with Crippen molar-refractivity contribution in [2.24, 2.45) is 4.99 Å². The first-order valence-electron chi connectivity index (χ1n) is 7.70. The van der Waals surface area contributed by atoms with Crippen LogP contribution >= 0.6 is 35.7 Å². The summed E-state index contributed by atoms with van der Waals surface area (Å²) in [6.45, 7) is 1.51. The van der Waals surface area contributed by atoms with Crippen LogP contribution in [0.2, 0.25) is 0 Å². The molecule has 0 aliphatic carbocycles. The summed E-state index contributed by atoms with van der Waals surface area (Å²) in [5, 5.41) is 13.7. The summed E-state index contributed by atoms with van der Waals surface area (Å²) in [7, 11) is 3.74. The second kappa shape index (κ2) is 8.48. The van der Waals surface area contributed by atoms with Gasteiger partial charge in [0.2, 0.25) is 6.79 Å². The van der Waals surface area contributed by atoms with E-state index in [2.05, 4.69) is 10.3 Å². The second-order valence-corrected chi connectivity index (χ2v) is 7.08. The third kappa shape index (κ3) is 4.60. The summed E-state index contributed by atoms with van der Waals surface area (Å²) in [5.74, 6) is 4.15. The lowest BCUT2D eigenvalue weighted by molar-refractivity contribution is 0.0718. The lowest BCUT2D eigenvalue weighted by Gasteiger charge is -2.27. The van der Waals surface area contributed by atoms with Crippen LogP contribution in [-0.4, -0.2) is 60.5 Å². The Hall–Kier alpha value is -0.870. The number of hydrogen-bond acceptors (Lipinski definition) is 5. The molecule has 2 aliphatic rings. The fourth-order valence-corrected chi connectivity index (χ4v) is 4.05. The Labute approximate surface area is 164 Å². The standard InChI is InChI=1S/C16H23N3O3S.HI/c1-17-15(18-9-16(20)5-6-23-10-16)19(2)8-12-3-4-13-14(7-12)22-11-21-13;/h3-4,7,20H,5-6,8-11H2,1-2H3,(H,17,18);1H. The SMILES string of the molecule is CN=C(NCC1(O)CCSC1)N(C)Cc1ccc2c(c1)OCO2.I. The molecule has 1 atom stereocenters. The van der Waals surface area contributed by atoms with Crippen molar-refractivity contribution in [3.63, 3.8) is 0 Å². The largest absolute Gasteiger partial charge is 0.454 e. The molecule has 6 nitrogen and oxygen atoms in total. The van der Waals surface area contributed by atoms with E-state index in [-0.39, 0.29) is 30.8 Å². The number of thioether (sulfide) groups is 1. The fourth-order valence-electron chi connectivity index (χ4n) is 2.75. The van der Waals surface area contributed by atoms with Gasteiger partial charge in [-0.15, -0.1) is 24.0 Å². The van der Waals surface area contributed by atoms with E-state index >= 15 is 0 Å². The predicted molar refractivity (Wildman–Crippen MR) is 108 cm³/mol.